The number of ketones is 2. The Morgan fingerprint density at radius 3 is 2.33 bits per heavy atom. The topological polar surface area (TPSA) is 240 Å². The summed E-state index contributed by atoms with van der Waals surface area (Å²) >= 11 is 3.12. The molecule has 0 aliphatic carbocycles. The molecule has 19 heteroatoms. The van der Waals surface area contributed by atoms with Crippen LogP contribution < -0.4 is 21.7 Å². The standard InChI is InChI=1S/C45H56N8O9S2/c1-27(2)40(51-36(56)12-6-5-7-23-53-38(57)19-20-39(53)58)34(55)24-30(10-8-21-47-44(46)60)43(59)49-31-15-13-29(14-16-31)26-62-45(61)52(4)22-9-11-32(54)25-37-50-33-17-18-35-41(42(33)64-37)48-28(3)63-35/h13-20,27,30,40H,5-12,21-26H2,1-4H3,(H,49,59)(H,51,56)(H3,46,47,60)/t30-,40+/m1/s1. The summed E-state index contributed by atoms with van der Waals surface area (Å²) in [7, 11) is 1.61. The Kier molecular flexibility index (Phi) is 18.0. The Balaban J connectivity index is 1.04. The average Bonchev–Trinajstić information content (AvgIpc) is 3.94. The summed E-state index contributed by atoms with van der Waals surface area (Å²) < 4.78 is 7.57. The van der Waals surface area contributed by atoms with Crippen molar-refractivity contribution < 1.29 is 43.1 Å². The summed E-state index contributed by atoms with van der Waals surface area (Å²) in [5, 5.41) is 9.90. The third kappa shape index (κ3) is 14.5. The van der Waals surface area contributed by atoms with Gasteiger partial charge in [0.15, 0.2) is 5.78 Å². The third-order valence-electron chi connectivity index (χ3n) is 10.6. The van der Waals surface area contributed by atoms with Crippen LogP contribution in [0.2, 0.25) is 0 Å². The van der Waals surface area contributed by atoms with Gasteiger partial charge >= 0.3 is 12.1 Å². The summed E-state index contributed by atoms with van der Waals surface area (Å²) in [5.41, 5.74) is 8.09. The summed E-state index contributed by atoms with van der Waals surface area (Å²) in [5.74, 6) is -2.75. The van der Waals surface area contributed by atoms with E-state index >= 15 is 0 Å². The van der Waals surface area contributed by atoms with Gasteiger partial charge in [0.05, 0.1) is 32.4 Å². The molecule has 0 saturated heterocycles. The van der Waals surface area contributed by atoms with Gasteiger partial charge in [-0.1, -0.05) is 32.4 Å². The first-order chi connectivity index (χ1) is 30.6. The number of thiazole rings is 2. The number of urea groups is 1. The molecule has 17 nitrogen and oxygen atoms in total. The van der Waals surface area contributed by atoms with Gasteiger partial charge in [0.2, 0.25) is 11.8 Å². The molecule has 0 fully saturated rings. The number of unbranched alkanes of at least 4 members (excludes halogenated alkanes) is 2. The maximum Gasteiger partial charge on any atom is 0.409 e. The smallest absolute Gasteiger partial charge is 0.409 e. The zero-order chi connectivity index (χ0) is 46.3. The molecule has 0 bridgehead atoms. The summed E-state index contributed by atoms with van der Waals surface area (Å²) in [4.78, 5) is 112. The predicted octanol–water partition coefficient (Wildman–Crippen LogP) is 5.96. The fourth-order valence-electron chi connectivity index (χ4n) is 7.16. The maximum atomic E-state index is 13.6. The lowest BCUT2D eigenvalue weighted by Crippen LogP contribution is -2.45. The summed E-state index contributed by atoms with van der Waals surface area (Å²) in [6.45, 7) is 6.36. The number of ether oxygens (including phenoxy) is 1. The van der Waals surface area contributed by atoms with Gasteiger partial charge in [-0.05, 0) is 74.8 Å². The number of hydrogen-bond donors (Lipinski definition) is 4. The number of carbonyl (C=O) groups excluding carboxylic acids is 8. The van der Waals surface area contributed by atoms with E-state index < -0.39 is 30.0 Å². The first kappa shape index (κ1) is 48.9. The lowest BCUT2D eigenvalue weighted by Gasteiger charge is -2.24. The van der Waals surface area contributed by atoms with Gasteiger partial charge in [0.25, 0.3) is 11.8 Å². The molecule has 342 valence electrons. The highest BCUT2D eigenvalue weighted by Gasteiger charge is 2.30. The van der Waals surface area contributed by atoms with Crippen molar-refractivity contribution in [2.24, 2.45) is 17.6 Å². The number of benzene rings is 2. The highest BCUT2D eigenvalue weighted by molar-refractivity contribution is 7.22. The number of imide groups is 1. The molecule has 7 amide bonds. The number of primary amides is 1. The molecule has 3 heterocycles. The number of rotatable bonds is 25. The minimum atomic E-state index is -0.836. The summed E-state index contributed by atoms with van der Waals surface area (Å²) in [6, 6.07) is 9.15. The quantitative estimate of drug-likeness (QED) is 0.0447. The zero-order valence-electron chi connectivity index (χ0n) is 36.6. The Morgan fingerprint density at radius 1 is 0.891 bits per heavy atom. The maximum absolute atomic E-state index is 13.6. The van der Waals surface area contributed by atoms with Crippen molar-refractivity contribution in [2.45, 2.75) is 97.6 Å². The van der Waals surface area contributed by atoms with E-state index in [0.29, 0.717) is 49.9 Å². The van der Waals surface area contributed by atoms with Crippen molar-refractivity contribution in [3.05, 3.63) is 64.1 Å². The van der Waals surface area contributed by atoms with Crippen LogP contribution >= 0.6 is 22.7 Å². The molecule has 5 N–H and O–H groups in total. The van der Waals surface area contributed by atoms with Crippen LogP contribution in [0.15, 0.2) is 48.6 Å². The van der Waals surface area contributed by atoms with E-state index in [1.807, 2.05) is 19.1 Å². The van der Waals surface area contributed by atoms with Gasteiger partial charge in [-0.3, -0.25) is 33.7 Å². The van der Waals surface area contributed by atoms with Crippen LogP contribution in [0.4, 0.5) is 15.3 Å². The van der Waals surface area contributed by atoms with Gasteiger partial charge in [-0.25, -0.2) is 19.6 Å². The Morgan fingerprint density at radius 2 is 1.62 bits per heavy atom. The van der Waals surface area contributed by atoms with Crippen LogP contribution in [0.5, 0.6) is 0 Å². The van der Waals surface area contributed by atoms with Crippen molar-refractivity contribution >= 4 is 96.1 Å². The second-order valence-corrected chi connectivity index (χ2v) is 18.5. The van der Waals surface area contributed by atoms with E-state index in [1.54, 1.807) is 56.5 Å². The van der Waals surface area contributed by atoms with Gasteiger partial charge in [-0.15, -0.1) is 22.7 Å². The number of amides is 7. The number of nitrogens with one attached hydrogen (secondary N) is 3. The molecule has 1 aliphatic rings. The number of anilines is 1. The van der Waals surface area contributed by atoms with Crippen molar-refractivity contribution in [3.63, 3.8) is 0 Å². The molecule has 1 aliphatic heterocycles. The molecule has 2 aromatic heterocycles. The molecular formula is C45H56N8O9S2. The molecule has 0 saturated carbocycles. The molecule has 0 radical (unpaired) electrons. The molecule has 2 aromatic carbocycles. The van der Waals surface area contributed by atoms with E-state index in [1.165, 1.54) is 28.4 Å². The van der Waals surface area contributed by atoms with Crippen LogP contribution in [0.3, 0.4) is 0 Å². The SMILES string of the molecule is Cc1nc2c(ccc3nc(CC(=O)CCCN(C)C(=O)OCc4ccc(NC(=O)[C@H](CCCNC(N)=O)CC(=O)[C@@H](NC(=O)CCCCCN5C(=O)C=CC5=O)C(C)C)cc4)sc32)s1. The average molecular weight is 917 g/mol. The van der Waals surface area contributed by atoms with Gasteiger partial charge in [0, 0.05) is 69.7 Å². The highest BCUT2D eigenvalue weighted by Crippen LogP contribution is 2.33. The Hall–Kier alpha value is -6.08. The van der Waals surface area contributed by atoms with E-state index in [9.17, 15) is 38.4 Å². The molecule has 4 aromatic rings. The highest BCUT2D eigenvalue weighted by atomic mass is 32.1. The fourth-order valence-corrected chi connectivity index (χ4v) is 9.14. The third-order valence-corrected chi connectivity index (χ3v) is 12.6. The zero-order valence-corrected chi connectivity index (χ0v) is 38.2. The molecular weight excluding hydrogens is 861 g/mol. The summed E-state index contributed by atoms with van der Waals surface area (Å²) in [6.07, 6.45) is 5.16. The second kappa shape index (κ2) is 23.6. The van der Waals surface area contributed by atoms with E-state index in [-0.39, 0.29) is 87.0 Å². The van der Waals surface area contributed by atoms with E-state index in [4.69, 9.17) is 10.5 Å². The molecule has 5 rings (SSSR count). The van der Waals surface area contributed by atoms with Crippen LogP contribution in [0.1, 0.15) is 87.2 Å². The van der Waals surface area contributed by atoms with Crippen LogP contribution in [0.25, 0.3) is 20.4 Å². The van der Waals surface area contributed by atoms with Crippen LogP contribution in [-0.2, 0) is 46.5 Å². The second-order valence-electron chi connectivity index (χ2n) is 16.1. The number of fused-ring (bicyclic) bond motifs is 3. The molecule has 0 unspecified atom stereocenters. The van der Waals surface area contributed by atoms with Crippen LogP contribution in [0, 0.1) is 18.8 Å². The van der Waals surface area contributed by atoms with Gasteiger partial charge < -0.3 is 31.3 Å². The number of hydrogen-bond acceptors (Lipinski definition) is 13. The first-order valence-corrected chi connectivity index (χ1v) is 23.0. The van der Waals surface area contributed by atoms with Gasteiger partial charge in [0.1, 0.15) is 22.9 Å². The molecule has 2 atom stereocenters. The van der Waals surface area contributed by atoms with Gasteiger partial charge in [-0.2, -0.15) is 0 Å². The van der Waals surface area contributed by atoms with Crippen molar-refractivity contribution in [2.75, 3.05) is 32.0 Å². The fraction of sp³-hybridized carbons (Fsp3) is 0.467. The number of carbonyl (C=O) groups is 8. The Bertz CT molecular complexity index is 2360. The number of aryl methyl sites for hydroxylation is 1. The normalized spacial score (nSPS) is 13.4. The lowest BCUT2D eigenvalue weighted by molar-refractivity contribution is -0.137. The number of nitrogens with zero attached hydrogens (tertiary/aromatic N) is 4. The predicted molar refractivity (Wildman–Crippen MR) is 244 cm³/mol. The van der Waals surface area contributed by atoms with E-state index in [0.717, 1.165) is 35.3 Å². The number of aromatic nitrogens is 2. The monoisotopic (exact) mass is 916 g/mol. The largest absolute Gasteiger partial charge is 0.445 e. The lowest BCUT2D eigenvalue weighted by atomic mass is 9.89. The van der Waals surface area contributed by atoms with Crippen molar-refractivity contribution in [1.29, 1.82) is 0 Å². The molecule has 64 heavy (non-hydrogen) atoms. The minimum Gasteiger partial charge on any atom is -0.445 e. The molecule has 0 spiro atoms. The van der Waals surface area contributed by atoms with E-state index in [2.05, 4.69) is 25.9 Å². The number of nitrogens with two attached hydrogens (primary N) is 1. The Labute approximate surface area is 379 Å². The number of Topliss-reactive ketones (excluding diaryl/α,β-unsaturated/α-hetero) is 2. The van der Waals surface area contributed by atoms with Crippen molar-refractivity contribution in [3.8, 4) is 0 Å². The van der Waals surface area contributed by atoms with Crippen LogP contribution in [-0.4, -0.2) is 99.8 Å². The van der Waals surface area contributed by atoms with Crippen molar-refractivity contribution in [1.82, 2.24) is 30.4 Å². The first-order valence-electron chi connectivity index (χ1n) is 21.4. The minimum absolute atomic E-state index is 0.0235.